The zero-order chi connectivity index (χ0) is 20.3. The first-order valence-electron chi connectivity index (χ1n) is 9.51. The van der Waals surface area contributed by atoms with E-state index in [1.165, 1.54) is 4.31 Å². The van der Waals surface area contributed by atoms with Gasteiger partial charge in [0.05, 0.1) is 6.61 Å². The Hall–Kier alpha value is -1.83. The van der Waals surface area contributed by atoms with E-state index in [2.05, 4.69) is 0 Å². The van der Waals surface area contributed by atoms with Crippen molar-refractivity contribution in [3.8, 4) is 0 Å². The Morgan fingerprint density at radius 3 is 2.54 bits per heavy atom. The van der Waals surface area contributed by atoms with Crippen molar-refractivity contribution in [3.05, 3.63) is 70.8 Å². The molecule has 2 aromatic carbocycles. The lowest BCUT2D eigenvalue weighted by atomic mass is 9.95. The zero-order valence-electron chi connectivity index (χ0n) is 15.8. The third-order valence-electron chi connectivity index (χ3n) is 5.43. The smallest absolute Gasteiger partial charge is 0.221 e. The van der Waals surface area contributed by atoms with E-state index in [0.717, 1.165) is 12.1 Å². The molecule has 7 heteroatoms. The van der Waals surface area contributed by atoms with Gasteiger partial charge in [-0.3, -0.25) is 0 Å². The highest BCUT2D eigenvalue weighted by molar-refractivity contribution is 7.89. The van der Waals surface area contributed by atoms with Crippen LogP contribution in [-0.4, -0.2) is 31.0 Å². The molecule has 3 rings (SSSR count). The van der Waals surface area contributed by atoms with Crippen LogP contribution in [0.3, 0.4) is 0 Å². The Labute approximate surface area is 164 Å². The highest BCUT2D eigenvalue weighted by atomic mass is 32.2. The Morgan fingerprint density at radius 2 is 1.89 bits per heavy atom. The molecule has 0 saturated carbocycles. The highest BCUT2D eigenvalue weighted by Crippen LogP contribution is 2.35. The van der Waals surface area contributed by atoms with E-state index < -0.39 is 32.8 Å². The summed E-state index contributed by atoms with van der Waals surface area (Å²) in [6, 6.07) is 11.1. The summed E-state index contributed by atoms with van der Waals surface area (Å²) in [6.07, 6.45) is 1.64. The van der Waals surface area contributed by atoms with Crippen LogP contribution in [-0.2, 0) is 16.6 Å². The number of sulfonamides is 1. The van der Waals surface area contributed by atoms with Gasteiger partial charge in [-0.15, -0.1) is 0 Å². The van der Waals surface area contributed by atoms with Crippen molar-refractivity contribution in [2.75, 3.05) is 13.2 Å². The average molecular weight is 409 g/mol. The fraction of sp³-hybridized carbons (Fsp3) is 0.429. The van der Waals surface area contributed by atoms with Gasteiger partial charge in [-0.2, -0.15) is 4.31 Å². The van der Waals surface area contributed by atoms with Crippen molar-refractivity contribution < 1.29 is 22.3 Å². The molecule has 2 aromatic rings. The molecule has 1 aliphatic heterocycles. The molecule has 1 unspecified atom stereocenters. The standard InChI is InChI=1S/C21H25F2NO3S/c1-2-15(14-25)18-12-19(22)17(11-20(18)23)13-24-10-6-9-21(28(24,26)27)16-7-4-3-5-8-16/h3-5,7-8,11-12,15,21,25H,2,6,9-10,13-14H2,1H3/t15?,21-/m1/s1. The molecule has 1 aliphatic rings. The average Bonchev–Trinajstić information content (AvgIpc) is 2.68. The molecule has 1 saturated heterocycles. The SMILES string of the molecule is CCC(CO)c1cc(F)c(CN2CCC[C@H](c3ccccc3)S2(=O)=O)cc1F. The van der Waals surface area contributed by atoms with Crippen LogP contribution >= 0.6 is 0 Å². The minimum Gasteiger partial charge on any atom is -0.396 e. The lowest BCUT2D eigenvalue weighted by molar-refractivity contribution is 0.259. The van der Waals surface area contributed by atoms with E-state index in [9.17, 15) is 22.3 Å². The number of hydrogen-bond donors (Lipinski definition) is 1. The molecule has 1 N–H and O–H groups in total. The van der Waals surface area contributed by atoms with Gasteiger partial charge < -0.3 is 5.11 Å². The maximum Gasteiger partial charge on any atom is 0.221 e. The molecule has 0 bridgehead atoms. The molecular formula is C21H25F2NO3S. The Balaban J connectivity index is 1.88. The van der Waals surface area contributed by atoms with Crippen LogP contribution in [0.25, 0.3) is 0 Å². The minimum atomic E-state index is -3.68. The Kier molecular flexibility index (Phi) is 6.47. The number of aliphatic hydroxyl groups is 1. The monoisotopic (exact) mass is 409 g/mol. The van der Waals surface area contributed by atoms with Crippen LogP contribution in [0.2, 0.25) is 0 Å². The van der Waals surface area contributed by atoms with E-state index in [-0.39, 0.29) is 30.8 Å². The van der Waals surface area contributed by atoms with Crippen molar-refractivity contribution in [3.63, 3.8) is 0 Å². The molecule has 0 aliphatic carbocycles. The molecule has 0 aromatic heterocycles. The summed E-state index contributed by atoms with van der Waals surface area (Å²) in [4.78, 5) is 0. The maximum atomic E-state index is 14.6. The zero-order valence-corrected chi connectivity index (χ0v) is 16.6. The van der Waals surface area contributed by atoms with Crippen molar-refractivity contribution >= 4 is 10.0 Å². The highest BCUT2D eigenvalue weighted by Gasteiger charge is 2.37. The summed E-state index contributed by atoms with van der Waals surface area (Å²) >= 11 is 0. The molecule has 1 heterocycles. The van der Waals surface area contributed by atoms with E-state index in [1.54, 1.807) is 31.2 Å². The fourth-order valence-electron chi connectivity index (χ4n) is 3.76. The van der Waals surface area contributed by atoms with Crippen molar-refractivity contribution in [1.82, 2.24) is 4.31 Å². The molecular weight excluding hydrogens is 384 g/mol. The van der Waals surface area contributed by atoms with Crippen LogP contribution in [0.1, 0.15) is 54.0 Å². The van der Waals surface area contributed by atoms with Crippen molar-refractivity contribution in [1.29, 1.82) is 0 Å². The second-order valence-corrected chi connectivity index (χ2v) is 9.29. The van der Waals surface area contributed by atoms with Gasteiger partial charge in [-0.1, -0.05) is 37.3 Å². The van der Waals surface area contributed by atoms with Crippen LogP contribution in [0.5, 0.6) is 0 Å². The van der Waals surface area contributed by atoms with E-state index >= 15 is 0 Å². The first kappa shape index (κ1) is 20.9. The molecule has 28 heavy (non-hydrogen) atoms. The first-order chi connectivity index (χ1) is 13.4. The maximum absolute atomic E-state index is 14.6. The first-order valence-corrected chi connectivity index (χ1v) is 11.0. The van der Waals surface area contributed by atoms with Gasteiger partial charge in [0.2, 0.25) is 10.0 Å². The Bertz CT molecular complexity index is 915. The topological polar surface area (TPSA) is 57.6 Å². The predicted octanol–water partition coefficient (Wildman–Crippen LogP) is 4.12. The number of rotatable bonds is 6. The molecule has 0 amide bonds. The van der Waals surface area contributed by atoms with E-state index in [1.807, 2.05) is 6.07 Å². The van der Waals surface area contributed by atoms with Gasteiger partial charge in [-0.25, -0.2) is 17.2 Å². The van der Waals surface area contributed by atoms with Crippen LogP contribution in [0, 0.1) is 11.6 Å². The largest absolute Gasteiger partial charge is 0.396 e. The van der Waals surface area contributed by atoms with Gasteiger partial charge in [-0.05, 0) is 42.5 Å². The number of halogens is 2. The molecule has 152 valence electrons. The van der Waals surface area contributed by atoms with Gasteiger partial charge in [0, 0.05) is 24.6 Å². The fourth-order valence-corrected chi connectivity index (χ4v) is 5.79. The summed E-state index contributed by atoms with van der Waals surface area (Å²) in [6.45, 7) is 1.59. The quantitative estimate of drug-likeness (QED) is 0.781. The molecule has 4 nitrogen and oxygen atoms in total. The van der Waals surface area contributed by atoms with Gasteiger partial charge in [0.25, 0.3) is 0 Å². The molecule has 0 radical (unpaired) electrons. The third kappa shape index (κ3) is 4.11. The summed E-state index contributed by atoms with van der Waals surface area (Å²) in [5.74, 6) is -1.75. The minimum absolute atomic E-state index is 0.00586. The molecule has 0 spiro atoms. The number of aliphatic hydroxyl groups excluding tert-OH is 1. The molecule has 2 atom stereocenters. The number of nitrogens with zero attached hydrogens (tertiary/aromatic N) is 1. The van der Waals surface area contributed by atoms with E-state index in [4.69, 9.17) is 0 Å². The number of benzene rings is 2. The van der Waals surface area contributed by atoms with Crippen LogP contribution in [0.15, 0.2) is 42.5 Å². The van der Waals surface area contributed by atoms with Gasteiger partial charge in [0.15, 0.2) is 0 Å². The predicted molar refractivity (Wildman–Crippen MR) is 104 cm³/mol. The summed E-state index contributed by atoms with van der Waals surface area (Å²) < 4.78 is 56.5. The lowest BCUT2D eigenvalue weighted by Crippen LogP contribution is -2.39. The second-order valence-electron chi connectivity index (χ2n) is 7.17. The summed E-state index contributed by atoms with van der Waals surface area (Å²) in [7, 11) is -3.68. The van der Waals surface area contributed by atoms with Crippen LogP contribution < -0.4 is 0 Å². The second kappa shape index (κ2) is 8.68. The lowest BCUT2D eigenvalue weighted by Gasteiger charge is -2.32. The normalized spacial score (nSPS) is 20.8. The van der Waals surface area contributed by atoms with Crippen molar-refractivity contribution in [2.24, 2.45) is 0 Å². The molecule has 1 fully saturated rings. The van der Waals surface area contributed by atoms with Crippen molar-refractivity contribution in [2.45, 2.75) is 43.9 Å². The Morgan fingerprint density at radius 1 is 1.18 bits per heavy atom. The number of hydrogen-bond acceptors (Lipinski definition) is 3. The van der Waals surface area contributed by atoms with E-state index in [0.29, 0.717) is 24.8 Å². The third-order valence-corrected chi connectivity index (χ3v) is 7.69. The summed E-state index contributed by atoms with van der Waals surface area (Å²) in [5.41, 5.74) is 0.837. The summed E-state index contributed by atoms with van der Waals surface area (Å²) in [5, 5.41) is 8.68. The van der Waals surface area contributed by atoms with Gasteiger partial charge in [0.1, 0.15) is 16.9 Å². The van der Waals surface area contributed by atoms with Crippen LogP contribution in [0.4, 0.5) is 8.78 Å². The van der Waals surface area contributed by atoms with Gasteiger partial charge >= 0.3 is 0 Å².